The van der Waals surface area contributed by atoms with Crippen LogP contribution in [0.15, 0.2) is 5.38 Å². The SMILES string of the molecule is Cl.NCCc1nc(CC(=O)O)cs1. The van der Waals surface area contributed by atoms with Crippen molar-refractivity contribution in [3.8, 4) is 0 Å². The lowest BCUT2D eigenvalue weighted by Gasteiger charge is -1.89. The van der Waals surface area contributed by atoms with Gasteiger partial charge < -0.3 is 10.8 Å². The van der Waals surface area contributed by atoms with Crippen LogP contribution in [0.25, 0.3) is 0 Å². The Morgan fingerprint density at radius 1 is 1.69 bits per heavy atom. The summed E-state index contributed by atoms with van der Waals surface area (Å²) in [5, 5.41) is 11.1. The van der Waals surface area contributed by atoms with E-state index in [4.69, 9.17) is 10.8 Å². The number of rotatable bonds is 4. The number of nitrogens with zero attached hydrogens (tertiary/aromatic N) is 1. The van der Waals surface area contributed by atoms with Crippen molar-refractivity contribution >= 4 is 29.7 Å². The van der Waals surface area contributed by atoms with Gasteiger partial charge in [0.05, 0.1) is 17.1 Å². The smallest absolute Gasteiger partial charge is 0.309 e. The van der Waals surface area contributed by atoms with Crippen LogP contribution in [0.5, 0.6) is 0 Å². The summed E-state index contributed by atoms with van der Waals surface area (Å²) >= 11 is 1.46. The Morgan fingerprint density at radius 3 is 2.92 bits per heavy atom. The summed E-state index contributed by atoms with van der Waals surface area (Å²) in [6.07, 6.45) is 0.728. The zero-order valence-corrected chi connectivity index (χ0v) is 8.53. The van der Waals surface area contributed by atoms with Crippen LogP contribution in [0, 0.1) is 0 Å². The largest absolute Gasteiger partial charge is 0.481 e. The molecule has 1 heterocycles. The molecule has 13 heavy (non-hydrogen) atoms. The molecule has 0 fully saturated rings. The molecule has 4 nitrogen and oxygen atoms in total. The van der Waals surface area contributed by atoms with Crippen molar-refractivity contribution in [3.63, 3.8) is 0 Å². The van der Waals surface area contributed by atoms with Gasteiger partial charge in [-0.1, -0.05) is 0 Å². The van der Waals surface area contributed by atoms with Gasteiger partial charge in [-0.2, -0.15) is 0 Å². The fraction of sp³-hybridized carbons (Fsp3) is 0.429. The number of carbonyl (C=O) groups is 1. The number of hydrogen-bond donors (Lipinski definition) is 2. The van der Waals surface area contributed by atoms with Crippen LogP contribution in [0.2, 0.25) is 0 Å². The first-order valence-electron chi connectivity index (χ1n) is 3.57. The molecule has 1 rings (SSSR count). The lowest BCUT2D eigenvalue weighted by Crippen LogP contribution is -2.03. The van der Waals surface area contributed by atoms with Gasteiger partial charge >= 0.3 is 5.97 Å². The molecule has 0 amide bonds. The molecular formula is C7H11ClN2O2S. The zero-order valence-electron chi connectivity index (χ0n) is 6.90. The predicted octanol–water partition coefficient (Wildman–Crippen LogP) is 0.693. The molecule has 3 N–H and O–H groups in total. The van der Waals surface area contributed by atoms with Gasteiger partial charge in [0.25, 0.3) is 0 Å². The quantitative estimate of drug-likeness (QED) is 0.786. The Balaban J connectivity index is 0.00000144. The second-order valence-electron chi connectivity index (χ2n) is 2.34. The van der Waals surface area contributed by atoms with Gasteiger partial charge in [-0.15, -0.1) is 23.7 Å². The molecule has 0 unspecified atom stereocenters. The lowest BCUT2D eigenvalue weighted by molar-refractivity contribution is -0.136. The first kappa shape index (κ1) is 12.3. The Morgan fingerprint density at radius 2 is 2.38 bits per heavy atom. The lowest BCUT2D eigenvalue weighted by atomic mass is 10.3. The van der Waals surface area contributed by atoms with E-state index in [0.29, 0.717) is 12.2 Å². The second-order valence-corrected chi connectivity index (χ2v) is 3.28. The van der Waals surface area contributed by atoms with Gasteiger partial charge in [-0.25, -0.2) is 4.98 Å². The summed E-state index contributed by atoms with van der Waals surface area (Å²) in [6, 6.07) is 0. The van der Waals surface area contributed by atoms with Gasteiger partial charge in [0.15, 0.2) is 0 Å². The van der Waals surface area contributed by atoms with Crippen molar-refractivity contribution < 1.29 is 9.90 Å². The first-order chi connectivity index (χ1) is 5.72. The summed E-state index contributed by atoms with van der Waals surface area (Å²) < 4.78 is 0. The highest BCUT2D eigenvalue weighted by Crippen LogP contribution is 2.10. The van der Waals surface area contributed by atoms with E-state index < -0.39 is 5.97 Å². The predicted molar refractivity (Wildman–Crippen MR) is 53.5 cm³/mol. The van der Waals surface area contributed by atoms with E-state index in [9.17, 15) is 4.79 Å². The number of hydrogen-bond acceptors (Lipinski definition) is 4. The molecular weight excluding hydrogens is 212 g/mol. The summed E-state index contributed by atoms with van der Waals surface area (Å²) in [6.45, 7) is 0.556. The fourth-order valence-corrected chi connectivity index (χ4v) is 1.64. The minimum absolute atomic E-state index is 0. The Bertz CT molecular complexity index is 277. The molecule has 0 saturated heterocycles. The molecule has 0 aliphatic rings. The van der Waals surface area contributed by atoms with Gasteiger partial charge in [0.2, 0.25) is 0 Å². The van der Waals surface area contributed by atoms with Crippen molar-refractivity contribution in [1.29, 1.82) is 0 Å². The van der Waals surface area contributed by atoms with E-state index in [2.05, 4.69) is 4.98 Å². The highest BCUT2D eigenvalue weighted by atomic mass is 35.5. The normalized spacial score (nSPS) is 9.31. The maximum absolute atomic E-state index is 10.3. The van der Waals surface area contributed by atoms with Crippen LogP contribution in [0.4, 0.5) is 0 Å². The maximum Gasteiger partial charge on any atom is 0.309 e. The highest BCUT2D eigenvalue weighted by Gasteiger charge is 2.04. The van der Waals surface area contributed by atoms with Gasteiger partial charge in [-0.05, 0) is 6.54 Å². The monoisotopic (exact) mass is 222 g/mol. The highest BCUT2D eigenvalue weighted by molar-refractivity contribution is 7.09. The molecule has 74 valence electrons. The molecule has 0 aliphatic carbocycles. The summed E-state index contributed by atoms with van der Waals surface area (Å²) in [5.41, 5.74) is 5.94. The topological polar surface area (TPSA) is 76.2 Å². The van der Waals surface area contributed by atoms with Crippen LogP contribution >= 0.6 is 23.7 Å². The number of aliphatic carboxylic acids is 1. The number of thiazole rings is 1. The van der Waals surface area contributed by atoms with E-state index >= 15 is 0 Å². The van der Waals surface area contributed by atoms with Crippen molar-refractivity contribution in [2.45, 2.75) is 12.8 Å². The number of aromatic nitrogens is 1. The molecule has 0 spiro atoms. The third-order valence-electron chi connectivity index (χ3n) is 1.29. The average molecular weight is 223 g/mol. The Kier molecular flexibility index (Phi) is 5.61. The number of carboxylic acid groups (broad SMARTS) is 1. The van der Waals surface area contributed by atoms with Gasteiger partial charge in [0.1, 0.15) is 0 Å². The first-order valence-corrected chi connectivity index (χ1v) is 4.45. The van der Waals surface area contributed by atoms with Crippen molar-refractivity contribution in [1.82, 2.24) is 4.98 Å². The van der Waals surface area contributed by atoms with Crippen LogP contribution in [0.1, 0.15) is 10.7 Å². The molecule has 0 atom stereocenters. The van der Waals surface area contributed by atoms with E-state index in [1.54, 1.807) is 5.38 Å². The Labute approximate surface area is 86.2 Å². The summed E-state index contributed by atoms with van der Waals surface area (Å²) in [4.78, 5) is 14.4. The minimum Gasteiger partial charge on any atom is -0.481 e. The standard InChI is InChI=1S/C7H10N2O2S.ClH/c8-2-1-6-9-5(4-12-6)3-7(10)11;/h4H,1-3,8H2,(H,10,11);1H. The minimum atomic E-state index is -0.848. The molecule has 0 aromatic carbocycles. The molecule has 6 heteroatoms. The van der Waals surface area contributed by atoms with Crippen molar-refractivity contribution in [2.75, 3.05) is 6.54 Å². The Hall–Kier alpha value is -0.650. The van der Waals surface area contributed by atoms with Crippen LogP contribution in [-0.2, 0) is 17.6 Å². The van der Waals surface area contributed by atoms with Crippen molar-refractivity contribution in [3.05, 3.63) is 16.1 Å². The molecule has 0 aliphatic heterocycles. The zero-order chi connectivity index (χ0) is 8.97. The number of nitrogens with two attached hydrogens (primary N) is 1. The van der Waals surface area contributed by atoms with Crippen LogP contribution in [-0.4, -0.2) is 22.6 Å². The molecule has 0 bridgehead atoms. The van der Waals surface area contributed by atoms with Gasteiger partial charge in [0, 0.05) is 11.8 Å². The maximum atomic E-state index is 10.3. The average Bonchev–Trinajstić information content (AvgIpc) is 2.36. The molecule has 0 saturated carbocycles. The second kappa shape index (κ2) is 5.90. The van der Waals surface area contributed by atoms with Gasteiger partial charge in [-0.3, -0.25) is 4.79 Å². The number of carboxylic acids is 1. The van der Waals surface area contributed by atoms with E-state index in [1.807, 2.05) is 0 Å². The van der Waals surface area contributed by atoms with E-state index in [0.717, 1.165) is 11.4 Å². The van der Waals surface area contributed by atoms with Crippen molar-refractivity contribution in [2.24, 2.45) is 5.73 Å². The molecule has 0 radical (unpaired) electrons. The third-order valence-corrected chi connectivity index (χ3v) is 2.25. The van der Waals surface area contributed by atoms with Crippen LogP contribution < -0.4 is 5.73 Å². The third kappa shape index (κ3) is 4.21. The summed E-state index contributed by atoms with van der Waals surface area (Å²) in [7, 11) is 0. The van der Waals surface area contributed by atoms with E-state index in [-0.39, 0.29) is 18.8 Å². The van der Waals surface area contributed by atoms with E-state index in [1.165, 1.54) is 11.3 Å². The summed E-state index contributed by atoms with van der Waals surface area (Å²) in [5.74, 6) is -0.848. The fourth-order valence-electron chi connectivity index (χ4n) is 0.823. The molecule has 1 aromatic heterocycles. The number of halogens is 1. The molecule has 1 aromatic rings. The van der Waals surface area contributed by atoms with Crippen LogP contribution in [0.3, 0.4) is 0 Å².